The van der Waals surface area contributed by atoms with Crippen LogP contribution in [-0.2, 0) is 26.0 Å². The molecular weight excluding hydrogens is 322 g/mol. The van der Waals surface area contributed by atoms with Gasteiger partial charge >= 0.3 is 0 Å². The Hall–Kier alpha value is -1.45. The van der Waals surface area contributed by atoms with Crippen LogP contribution >= 0.6 is 0 Å². The summed E-state index contributed by atoms with van der Waals surface area (Å²) in [5.74, 6) is 0.653. The van der Waals surface area contributed by atoms with Crippen LogP contribution in [0.2, 0.25) is 0 Å². The van der Waals surface area contributed by atoms with Gasteiger partial charge in [-0.3, -0.25) is 4.79 Å². The molecule has 1 fully saturated rings. The fraction of sp³-hybridized carbons (Fsp3) is 0.714. The number of aromatic nitrogens is 1. The number of primary sulfonamides is 1. The topological polar surface area (TPSA) is 116 Å². The second-order valence-corrected chi connectivity index (χ2v) is 7.68. The summed E-state index contributed by atoms with van der Waals surface area (Å²) in [7, 11) is -1.90. The lowest BCUT2D eigenvalue weighted by Gasteiger charge is -2.15. The Bertz CT molecular complexity index is 643. The van der Waals surface area contributed by atoms with Gasteiger partial charge in [-0.25, -0.2) is 13.6 Å². The lowest BCUT2D eigenvalue weighted by Crippen LogP contribution is -2.30. The molecule has 2 unspecified atom stereocenters. The molecule has 0 aromatic carbocycles. The number of nitrogens with zero attached hydrogens (tertiary/aromatic N) is 2. The van der Waals surface area contributed by atoms with Crippen LogP contribution in [0.25, 0.3) is 0 Å². The van der Waals surface area contributed by atoms with E-state index in [1.54, 1.807) is 12.0 Å². The SMILES string of the molecule is COC1CN(C(=O)CCCS(N)(=O)=O)CC1Cc1cc(C)no1. The number of sulfonamides is 1. The van der Waals surface area contributed by atoms with Gasteiger partial charge in [-0.2, -0.15) is 0 Å². The van der Waals surface area contributed by atoms with Crippen LogP contribution in [0.3, 0.4) is 0 Å². The summed E-state index contributed by atoms with van der Waals surface area (Å²) in [6.45, 7) is 2.92. The highest BCUT2D eigenvalue weighted by atomic mass is 32.2. The zero-order valence-electron chi connectivity index (χ0n) is 13.4. The molecule has 9 heteroatoms. The van der Waals surface area contributed by atoms with Crippen molar-refractivity contribution in [1.29, 1.82) is 0 Å². The third-order valence-corrected chi connectivity index (χ3v) is 4.85. The fourth-order valence-corrected chi connectivity index (χ4v) is 3.41. The minimum atomic E-state index is -3.52. The molecule has 0 aliphatic carbocycles. The van der Waals surface area contributed by atoms with Crippen LogP contribution in [0.4, 0.5) is 0 Å². The average Bonchev–Trinajstić information content (AvgIpc) is 3.04. The average molecular weight is 345 g/mol. The van der Waals surface area contributed by atoms with Crippen LogP contribution in [-0.4, -0.2) is 56.4 Å². The van der Waals surface area contributed by atoms with Crippen LogP contribution in [0, 0.1) is 12.8 Å². The van der Waals surface area contributed by atoms with E-state index >= 15 is 0 Å². The van der Waals surface area contributed by atoms with Crippen molar-refractivity contribution < 1.29 is 22.5 Å². The Kier molecular flexibility index (Phi) is 5.77. The second kappa shape index (κ2) is 7.41. The number of aryl methyl sites for hydroxylation is 1. The largest absolute Gasteiger partial charge is 0.379 e. The van der Waals surface area contributed by atoms with E-state index in [1.807, 2.05) is 13.0 Å². The Morgan fingerprint density at radius 3 is 2.83 bits per heavy atom. The molecule has 0 saturated carbocycles. The van der Waals surface area contributed by atoms with Gasteiger partial charge in [0.05, 0.1) is 17.6 Å². The van der Waals surface area contributed by atoms with Crippen LogP contribution < -0.4 is 5.14 Å². The van der Waals surface area contributed by atoms with Gasteiger partial charge in [-0.1, -0.05) is 5.16 Å². The van der Waals surface area contributed by atoms with E-state index in [4.69, 9.17) is 14.4 Å². The zero-order chi connectivity index (χ0) is 17.0. The van der Waals surface area contributed by atoms with Crippen molar-refractivity contribution in [3.05, 3.63) is 17.5 Å². The van der Waals surface area contributed by atoms with Gasteiger partial charge in [-0.15, -0.1) is 0 Å². The maximum absolute atomic E-state index is 12.2. The predicted molar refractivity (Wildman–Crippen MR) is 83.0 cm³/mol. The molecule has 23 heavy (non-hydrogen) atoms. The molecule has 0 spiro atoms. The molecule has 130 valence electrons. The second-order valence-electron chi connectivity index (χ2n) is 5.94. The zero-order valence-corrected chi connectivity index (χ0v) is 14.2. The number of ether oxygens (including phenoxy) is 1. The minimum absolute atomic E-state index is 0.0670. The third kappa shape index (κ3) is 5.29. The van der Waals surface area contributed by atoms with E-state index in [1.165, 1.54) is 0 Å². The van der Waals surface area contributed by atoms with E-state index in [-0.39, 0.29) is 36.5 Å². The molecule has 0 bridgehead atoms. The predicted octanol–water partition coefficient (Wildman–Crippen LogP) is 0.0676. The number of methoxy groups -OCH3 is 1. The summed E-state index contributed by atoms with van der Waals surface area (Å²) in [5.41, 5.74) is 0.822. The summed E-state index contributed by atoms with van der Waals surface area (Å²) >= 11 is 0. The molecular formula is C14H23N3O5S. The quantitative estimate of drug-likeness (QED) is 0.747. The highest BCUT2D eigenvalue weighted by molar-refractivity contribution is 7.89. The molecule has 0 radical (unpaired) electrons. The van der Waals surface area contributed by atoms with E-state index in [0.29, 0.717) is 19.5 Å². The number of likely N-dealkylation sites (tertiary alicyclic amines) is 1. The first kappa shape index (κ1) is 17.9. The third-order valence-electron chi connectivity index (χ3n) is 4.00. The Morgan fingerprint density at radius 2 is 2.26 bits per heavy atom. The van der Waals surface area contributed by atoms with Gasteiger partial charge in [0.25, 0.3) is 0 Å². The first-order valence-electron chi connectivity index (χ1n) is 7.51. The number of rotatable bonds is 7. The van der Waals surface area contributed by atoms with Gasteiger partial charge in [0, 0.05) is 45.0 Å². The molecule has 8 nitrogen and oxygen atoms in total. The van der Waals surface area contributed by atoms with E-state index in [2.05, 4.69) is 5.16 Å². The first-order chi connectivity index (χ1) is 10.8. The number of amides is 1. The smallest absolute Gasteiger partial charge is 0.222 e. The fourth-order valence-electron chi connectivity index (χ4n) is 2.86. The number of carbonyl (C=O) groups excluding carboxylic acids is 1. The number of carbonyl (C=O) groups is 1. The van der Waals surface area contributed by atoms with E-state index in [0.717, 1.165) is 11.5 Å². The van der Waals surface area contributed by atoms with Crippen molar-refractivity contribution in [1.82, 2.24) is 10.1 Å². The normalized spacial score (nSPS) is 21.8. The first-order valence-corrected chi connectivity index (χ1v) is 9.23. The molecule has 1 saturated heterocycles. The molecule has 1 aliphatic heterocycles. The lowest BCUT2D eigenvalue weighted by molar-refractivity contribution is -0.130. The van der Waals surface area contributed by atoms with Gasteiger partial charge < -0.3 is 14.2 Å². The lowest BCUT2D eigenvalue weighted by atomic mass is 10.0. The van der Waals surface area contributed by atoms with Crippen molar-refractivity contribution >= 4 is 15.9 Å². The highest BCUT2D eigenvalue weighted by Crippen LogP contribution is 2.24. The Labute approximate surface area is 136 Å². The summed E-state index contributed by atoms with van der Waals surface area (Å²) in [5, 5.41) is 8.80. The summed E-state index contributed by atoms with van der Waals surface area (Å²) in [4.78, 5) is 13.9. The van der Waals surface area contributed by atoms with Crippen LogP contribution in [0.15, 0.2) is 10.6 Å². The number of hydrogen-bond donors (Lipinski definition) is 1. The van der Waals surface area contributed by atoms with Gasteiger partial charge in [0.1, 0.15) is 5.76 Å². The van der Waals surface area contributed by atoms with Gasteiger partial charge in [0.15, 0.2) is 0 Å². The standard InChI is InChI=1S/C14H23N3O5S/c1-10-6-12(22-16-10)7-11-8-17(9-13(11)21-2)14(18)4-3-5-23(15,19)20/h6,11,13H,3-5,7-9H2,1-2H3,(H2,15,19,20). The Morgan fingerprint density at radius 1 is 1.52 bits per heavy atom. The molecule has 1 aromatic heterocycles. The van der Waals surface area contributed by atoms with Crippen molar-refractivity contribution in [2.24, 2.45) is 11.1 Å². The van der Waals surface area contributed by atoms with Crippen LogP contribution in [0.1, 0.15) is 24.3 Å². The highest BCUT2D eigenvalue weighted by Gasteiger charge is 2.35. The number of nitrogens with two attached hydrogens (primary N) is 1. The molecule has 2 heterocycles. The number of hydrogen-bond acceptors (Lipinski definition) is 6. The summed E-state index contributed by atoms with van der Waals surface area (Å²) < 4.78 is 32.5. The molecule has 1 amide bonds. The maximum atomic E-state index is 12.2. The van der Waals surface area contributed by atoms with Gasteiger partial charge in [0.2, 0.25) is 15.9 Å². The molecule has 2 N–H and O–H groups in total. The van der Waals surface area contributed by atoms with E-state index in [9.17, 15) is 13.2 Å². The Balaban J connectivity index is 1.88. The van der Waals surface area contributed by atoms with Gasteiger partial charge in [-0.05, 0) is 13.3 Å². The molecule has 2 atom stereocenters. The van der Waals surface area contributed by atoms with E-state index < -0.39 is 10.0 Å². The molecule has 1 aromatic rings. The monoisotopic (exact) mass is 345 g/mol. The summed E-state index contributed by atoms with van der Waals surface area (Å²) in [6.07, 6.45) is 0.988. The van der Waals surface area contributed by atoms with Crippen molar-refractivity contribution in [3.8, 4) is 0 Å². The molecule has 2 rings (SSSR count). The molecule has 1 aliphatic rings. The minimum Gasteiger partial charge on any atom is -0.379 e. The van der Waals surface area contributed by atoms with Crippen molar-refractivity contribution in [2.75, 3.05) is 26.0 Å². The van der Waals surface area contributed by atoms with Crippen molar-refractivity contribution in [3.63, 3.8) is 0 Å². The summed E-state index contributed by atoms with van der Waals surface area (Å²) in [6, 6.07) is 1.88. The van der Waals surface area contributed by atoms with Crippen molar-refractivity contribution in [2.45, 2.75) is 32.3 Å². The van der Waals surface area contributed by atoms with Crippen LogP contribution in [0.5, 0.6) is 0 Å². The maximum Gasteiger partial charge on any atom is 0.222 e.